The van der Waals surface area contributed by atoms with Crippen molar-refractivity contribution >= 4 is 0 Å². The lowest BCUT2D eigenvalue weighted by molar-refractivity contribution is 0.107. The van der Waals surface area contributed by atoms with Crippen LogP contribution in [0.5, 0.6) is 0 Å². The zero-order valence-electron chi connectivity index (χ0n) is 6.63. The van der Waals surface area contributed by atoms with Gasteiger partial charge < -0.3 is 15.5 Å². The highest BCUT2D eigenvalue weighted by atomic mass is 16.5. The average Bonchev–Trinajstić information content (AvgIpc) is 2.55. The molecule has 4 nitrogen and oxygen atoms in total. The molecule has 0 spiro atoms. The van der Waals surface area contributed by atoms with Gasteiger partial charge in [-0.1, -0.05) is 0 Å². The van der Waals surface area contributed by atoms with E-state index in [9.17, 15) is 0 Å². The van der Waals surface area contributed by atoms with Crippen LogP contribution in [0.15, 0.2) is 6.33 Å². The lowest BCUT2D eigenvalue weighted by Gasteiger charge is -2.09. The van der Waals surface area contributed by atoms with Crippen molar-refractivity contribution in [1.82, 2.24) is 9.97 Å². The Morgan fingerprint density at radius 2 is 2.45 bits per heavy atom. The molecule has 0 fully saturated rings. The van der Waals surface area contributed by atoms with E-state index in [4.69, 9.17) is 4.74 Å². The fourth-order valence-corrected chi connectivity index (χ4v) is 1.03. The van der Waals surface area contributed by atoms with Gasteiger partial charge in [0, 0.05) is 6.42 Å². The van der Waals surface area contributed by atoms with Crippen LogP contribution in [0.2, 0.25) is 0 Å². The Hall–Kier alpha value is -0.870. The summed E-state index contributed by atoms with van der Waals surface area (Å²) in [6.45, 7) is 1.52. The molecule has 3 N–H and O–H groups in total. The predicted octanol–water partition coefficient (Wildman–Crippen LogP) is 0.0573. The fourth-order valence-electron chi connectivity index (χ4n) is 1.03. The van der Waals surface area contributed by atoms with E-state index in [0.29, 0.717) is 6.61 Å². The number of aromatic nitrogens is 2. The smallest absolute Gasteiger partial charge is 0.0925 e. The molecule has 0 aliphatic carbocycles. The summed E-state index contributed by atoms with van der Waals surface area (Å²) in [6.07, 6.45) is 2.68. The molecule has 0 saturated heterocycles. The first kappa shape index (κ1) is 8.23. The summed E-state index contributed by atoms with van der Waals surface area (Å²) >= 11 is 0. The minimum atomic E-state index is 0.704. The maximum absolute atomic E-state index is 5.18. The Morgan fingerprint density at radius 1 is 1.64 bits per heavy atom. The largest absolute Gasteiger partial charge is 0.375 e. The third-order valence-electron chi connectivity index (χ3n) is 1.54. The number of fused-ring (bicyclic) bond motifs is 1. The molecule has 11 heavy (non-hydrogen) atoms. The van der Waals surface area contributed by atoms with E-state index >= 15 is 0 Å². The van der Waals surface area contributed by atoms with Gasteiger partial charge >= 0.3 is 0 Å². The topological polar surface area (TPSA) is 63.9 Å². The van der Waals surface area contributed by atoms with Crippen molar-refractivity contribution in [3.63, 3.8) is 0 Å². The van der Waals surface area contributed by atoms with Crippen LogP contribution in [0.25, 0.3) is 0 Å². The number of nitrogens with two attached hydrogens (primary N) is 1. The van der Waals surface area contributed by atoms with E-state index in [1.54, 1.807) is 6.33 Å². The number of imidazole rings is 1. The quantitative estimate of drug-likeness (QED) is 0.556. The van der Waals surface area contributed by atoms with Gasteiger partial charge in [-0.2, -0.15) is 0 Å². The number of hydrogen-bond acceptors (Lipinski definition) is 3. The van der Waals surface area contributed by atoms with E-state index in [1.165, 1.54) is 12.7 Å². The van der Waals surface area contributed by atoms with Crippen LogP contribution in [0.1, 0.15) is 11.4 Å². The molecule has 62 valence electrons. The highest BCUT2D eigenvalue weighted by molar-refractivity contribution is 5.11. The summed E-state index contributed by atoms with van der Waals surface area (Å²) in [4.78, 5) is 7.14. The maximum Gasteiger partial charge on any atom is 0.0925 e. The number of H-pyrrole nitrogens is 1. The van der Waals surface area contributed by atoms with Crippen molar-refractivity contribution in [3.05, 3.63) is 17.7 Å². The first-order valence-electron chi connectivity index (χ1n) is 3.63. The lowest BCUT2D eigenvalue weighted by Crippen LogP contribution is -2.08. The van der Waals surface area contributed by atoms with Crippen LogP contribution in [0.3, 0.4) is 0 Å². The molecule has 0 atom stereocenters. The summed E-state index contributed by atoms with van der Waals surface area (Å²) < 4.78 is 5.18. The molecule has 0 unspecified atom stereocenters. The van der Waals surface area contributed by atoms with Crippen LogP contribution in [-0.4, -0.2) is 23.6 Å². The van der Waals surface area contributed by atoms with E-state index in [0.717, 1.165) is 18.7 Å². The predicted molar refractivity (Wildman–Crippen MR) is 42.1 cm³/mol. The molecule has 0 aromatic carbocycles. The Morgan fingerprint density at radius 3 is 3.18 bits per heavy atom. The molecule has 4 heteroatoms. The number of ether oxygens (including phenoxy) is 1. The Bertz CT molecular complexity index is 189. The molecule has 1 aliphatic heterocycles. The van der Waals surface area contributed by atoms with E-state index in [2.05, 4.69) is 15.7 Å². The first-order valence-corrected chi connectivity index (χ1v) is 3.63. The standard InChI is InChI=1S/C6H8N2O.CH5N/c1-2-9-3-6-5(1)7-4-8-6;1-2/h4H,1-3H2,(H,7,8);2H2,1H3. The van der Waals surface area contributed by atoms with Gasteiger partial charge in [0.05, 0.1) is 30.9 Å². The second-order valence-corrected chi connectivity index (χ2v) is 2.13. The van der Waals surface area contributed by atoms with Crippen LogP contribution in [0, 0.1) is 0 Å². The Kier molecular flexibility index (Phi) is 3.07. The van der Waals surface area contributed by atoms with Gasteiger partial charge in [0.1, 0.15) is 0 Å². The van der Waals surface area contributed by atoms with Gasteiger partial charge in [-0.3, -0.25) is 0 Å². The monoisotopic (exact) mass is 155 g/mol. The van der Waals surface area contributed by atoms with E-state index in [1.807, 2.05) is 0 Å². The number of hydrogen-bond donors (Lipinski definition) is 2. The first-order chi connectivity index (χ1) is 5.47. The van der Waals surface area contributed by atoms with E-state index in [-0.39, 0.29) is 0 Å². The van der Waals surface area contributed by atoms with Crippen molar-refractivity contribution in [3.8, 4) is 0 Å². The Balaban J connectivity index is 0.000000281. The molecule has 2 heterocycles. The highest BCUT2D eigenvalue weighted by Crippen LogP contribution is 2.10. The number of rotatable bonds is 0. The van der Waals surface area contributed by atoms with Crippen molar-refractivity contribution in [2.75, 3.05) is 13.7 Å². The molecule has 0 saturated carbocycles. The van der Waals surface area contributed by atoms with Crippen molar-refractivity contribution < 1.29 is 4.74 Å². The van der Waals surface area contributed by atoms with Crippen LogP contribution < -0.4 is 5.73 Å². The van der Waals surface area contributed by atoms with Gasteiger partial charge in [-0.25, -0.2) is 4.98 Å². The summed E-state index contributed by atoms with van der Waals surface area (Å²) in [6, 6.07) is 0. The molecule has 0 bridgehead atoms. The SMILES string of the molecule is CN.c1nc2c([nH]1)COCC2. The lowest BCUT2D eigenvalue weighted by atomic mass is 10.2. The highest BCUT2D eigenvalue weighted by Gasteiger charge is 2.09. The zero-order valence-corrected chi connectivity index (χ0v) is 6.63. The molecular weight excluding hydrogens is 142 g/mol. The molecule has 0 amide bonds. The maximum atomic E-state index is 5.18. The van der Waals surface area contributed by atoms with Crippen molar-refractivity contribution in [2.45, 2.75) is 13.0 Å². The number of nitrogens with zero attached hydrogens (tertiary/aromatic N) is 1. The molecule has 1 aromatic heterocycles. The van der Waals surface area contributed by atoms with Gasteiger partial charge in [0.2, 0.25) is 0 Å². The Labute approximate surface area is 65.8 Å². The second-order valence-electron chi connectivity index (χ2n) is 2.13. The summed E-state index contributed by atoms with van der Waals surface area (Å²) in [5.41, 5.74) is 6.81. The zero-order chi connectivity index (χ0) is 8.10. The van der Waals surface area contributed by atoms with Crippen molar-refractivity contribution in [2.24, 2.45) is 5.73 Å². The number of aromatic amines is 1. The third kappa shape index (κ3) is 1.78. The average molecular weight is 155 g/mol. The van der Waals surface area contributed by atoms with Crippen LogP contribution >= 0.6 is 0 Å². The third-order valence-corrected chi connectivity index (χ3v) is 1.54. The van der Waals surface area contributed by atoms with Crippen molar-refractivity contribution in [1.29, 1.82) is 0 Å². The van der Waals surface area contributed by atoms with Crippen LogP contribution in [0.4, 0.5) is 0 Å². The van der Waals surface area contributed by atoms with Gasteiger partial charge in [0.25, 0.3) is 0 Å². The normalized spacial score (nSPS) is 14.7. The van der Waals surface area contributed by atoms with Gasteiger partial charge in [-0.15, -0.1) is 0 Å². The van der Waals surface area contributed by atoms with Crippen LogP contribution in [-0.2, 0) is 17.8 Å². The molecule has 1 aliphatic rings. The molecule has 1 aromatic rings. The van der Waals surface area contributed by atoms with E-state index < -0.39 is 0 Å². The summed E-state index contributed by atoms with van der Waals surface area (Å²) in [7, 11) is 1.50. The minimum Gasteiger partial charge on any atom is -0.375 e. The molecule has 0 radical (unpaired) electrons. The van der Waals surface area contributed by atoms with Gasteiger partial charge in [0.15, 0.2) is 0 Å². The fraction of sp³-hybridized carbons (Fsp3) is 0.571. The summed E-state index contributed by atoms with van der Waals surface area (Å²) in [5, 5.41) is 0. The summed E-state index contributed by atoms with van der Waals surface area (Å²) in [5.74, 6) is 0. The van der Waals surface area contributed by atoms with Gasteiger partial charge in [-0.05, 0) is 7.05 Å². The number of nitrogens with one attached hydrogen (secondary N) is 1. The molecular formula is C7H13N3O. The molecule has 2 rings (SSSR count). The minimum absolute atomic E-state index is 0.704. The second kappa shape index (κ2) is 4.10.